The van der Waals surface area contributed by atoms with Crippen molar-refractivity contribution >= 4 is 21.4 Å². The van der Waals surface area contributed by atoms with E-state index in [0.29, 0.717) is 36.4 Å². The van der Waals surface area contributed by atoms with Gasteiger partial charge in [0.2, 0.25) is 0 Å². The highest BCUT2D eigenvalue weighted by molar-refractivity contribution is 7.91. The van der Waals surface area contributed by atoms with E-state index in [9.17, 15) is 23.4 Å². The summed E-state index contributed by atoms with van der Waals surface area (Å²) in [4.78, 5) is 14.4. The summed E-state index contributed by atoms with van der Waals surface area (Å²) in [5.41, 5.74) is 2.41. The molecule has 0 aromatic heterocycles. The molecule has 10 atom stereocenters. The Bertz CT molecular complexity index is 1660. The van der Waals surface area contributed by atoms with Crippen LogP contribution in [-0.4, -0.2) is 92.0 Å². The monoisotopic (exact) mass is 738 g/mol. The van der Waals surface area contributed by atoms with Crippen LogP contribution in [0.15, 0.2) is 30.3 Å². The minimum Gasteiger partial charge on any atom is -0.465 e. The number of allylic oxidation sites excluding steroid dienone is 2. The lowest BCUT2D eigenvalue weighted by atomic mass is 9.32. The lowest BCUT2D eigenvalue weighted by Gasteiger charge is -2.72. The van der Waals surface area contributed by atoms with Gasteiger partial charge in [0.25, 0.3) is 0 Å². The van der Waals surface area contributed by atoms with Gasteiger partial charge in [-0.1, -0.05) is 52.8 Å². The maximum Gasteiger partial charge on any atom is 0.337 e. The van der Waals surface area contributed by atoms with Gasteiger partial charge >= 0.3 is 5.97 Å². The molecular formula is C43H66N2O6S. The maximum atomic E-state index is 12.2. The Balaban J connectivity index is 1.16. The van der Waals surface area contributed by atoms with Crippen molar-refractivity contribution in [2.75, 3.05) is 51.4 Å². The molecule has 0 spiro atoms. The summed E-state index contributed by atoms with van der Waals surface area (Å²) in [6.07, 6.45) is 12.5. The Morgan fingerprint density at radius 1 is 0.942 bits per heavy atom. The first-order valence-electron chi connectivity index (χ1n) is 20.3. The fraction of sp³-hybridized carbons (Fsp3) is 0.791. The van der Waals surface area contributed by atoms with Gasteiger partial charge in [-0.05, 0) is 139 Å². The smallest absolute Gasteiger partial charge is 0.337 e. The van der Waals surface area contributed by atoms with E-state index in [1.165, 1.54) is 43.9 Å². The van der Waals surface area contributed by atoms with Crippen LogP contribution in [0.2, 0.25) is 0 Å². The number of carbonyl (C=O) groups is 1. The first-order chi connectivity index (χ1) is 24.4. The SMILES string of the molecule is COC(=O)c1ccc(C2=CC[C@]3(C)[C@H]4CC[C@@H]5[C@H]6[C@H](C(C)(O)CO)CC[C@]6(NCCN6CCS(=O)(=O)CC6)CC[C@@]5(C)[C@]4(C)CC[C@H]3C2(C)C)cc1. The summed E-state index contributed by atoms with van der Waals surface area (Å²) in [5, 5.41) is 26.4. The van der Waals surface area contributed by atoms with E-state index in [2.05, 4.69) is 63.0 Å². The molecule has 4 saturated carbocycles. The number of nitrogens with one attached hydrogen (secondary N) is 1. The van der Waals surface area contributed by atoms with Crippen molar-refractivity contribution < 1.29 is 28.2 Å². The quantitative estimate of drug-likeness (QED) is 0.264. The van der Waals surface area contributed by atoms with Crippen molar-refractivity contribution in [2.45, 2.75) is 110 Å². The Kier molecular flexibility index (Phi) is 9.75. The van der Waals surface area contributed by atoms with Crippen LogP contribution in [0.4, 0.5) is 0 Å². The highest BCUT2D eigenvalue weighted by Crippen LogP contribution is 2.76. The molecule has 3 N–H and O–H groups in total. The second-order valence-corrected chi connectivity index (χ2v) is 21.8. The molecule has 1 aromatic carbocycles. The summed E-state index contributed by atoms with van der Waals surface area (Å²) >= 11 is 0. The first kappa shape index (κ1) is 38.5. The minimum absolute atomic E-state index is 0.0145. The number of benzene rings is 1. The molecule has 8 nitrogen and oxygen atoms in total. The van der Waals surface area contributed by atoms with Gasteiger partial charge in [0.05, 0.1) is 36.4 Å². The third-order valence-electron chi connectivity index (χ3n) is 17.1. The number of ether oxygens (including phenoxy) is 1. The number of hydrogen-bond donors (Lipinski definition) is 3. The second-order valence-electron chi connectivity index (χ2n) is 19.5. The van der Waals surface area contributed by atoms with Gasteiger partial charge in [-0.3, -0.25) is 0 Å². The number of aliphatic hydroxyl groups excluding tert-OH is 1. The molecule has 0 radical (unpaired) electrons. The standard InChI is InChI=1S/C43H66N2O6S/c1-38(2)31(29-8-10-30(11-9-29)37(47)51-7)14-17-39(3)34(38)16-18-41(5)35(39)13-12-32-36-33(42(6,48)28-46)15-19-43(36,21-20-40(32,41)4)44-22-23-45-24-26-52(49,50)27-25-45/h8-11,14,32-36,44,46,48H,12-13,15-28H2,1-7H3/t32-,33-,34+,35-,36+,39+,40-,41-,42?,43+/m1/s1. The molecule has 6 aliphatic rings. The summed E-state index contributed by atoms with van der Waals surface area (Å²) < 4.78 is 29.1. The third-order valence-corrected chi connectivity index (χ3v) is 18.7. The molecule has 1 unspecified atom stereocenters. The summed E-state index contributed by atoms with van der Waals surface area (Å²) in [6, 6.07) is 7.99. The number of sulfone groups is 1. The zero-order chi connectivity index (χ0) is 37.5. The largest absolute Gasteiger partial charge is 0.465 e. The van der Waals surface area contributed by atoms with Crippen LogP contribution in [0.25, 0.3) is 5.57 Å². The summed E-state index contributed by atoms with van der Waals surface area (Å²) in [7, 11) is -1.48. The van der Waals surface area contributed by atoms with E-state index in [1.807, 2.05) is 19.1 Å². The number of esters is 1. The molecule has 52 heavy (non-hydrogen) atoms. The van der Waals surface area contributed by atoms with Crippen LogP contribution < -0.4 is 5.32 Å². The van der Waals surface area contributed by atoms with Crippen LogP contribution in [0.1, 0.15) is 115 Å². The average Bonchev–Trinajstić information content (AvgIpc) is 3.49. The van der Waals surface area contributed by atoms with E-state index in [4.69, 9.17) is 4.74 Å². The van der Waals surface area contributed by atoms with Gasteiger partial charge in [-0.15, -0.1) is 0 Å². The van der Waals surface area contributed by atoms with Crippen molar-refractivity contribution in [2.24, 2.45) is 51.2 Å². The fourth-order valence-corrected chi connectivity index (χ4v) is 15.4. The average molecular weight is 739 g/mol. The molecule has 0 bridgehead atoms. The number of carbonyl (C=O) groups excluding carboxylic acids is 1. The highest BCUT2D eigenvalue weighted by Gasteiger charge is 2.71. The molecule has 1 aliphatic heterocycles. The van der Waals surface area contributed by atoms with E-state index in [1.54, 1.807) is 0 Å². The molecule has 9 heteroatoms. The van der Waals surface area contributed by atoms with Gasteiger partial charge in [-0.2, -0.15) is 0 Å². The molecular weight excluding hydrogens is 673 g/mol. The van der Waals surface area contributed by atoms with Gasteiger partial charge in [-0.25, -0.2) is 13.2 Å². The molecule has 1 saturated heterocycles. The van der Waals surface area contributed by atoms with Crippen molar-refractivity contribution in [3.63, 3.8) is 0 Å². The second kappa shape index (κ2) is 13.2. The topological polar surface area (TPSA) is 116 Å². The van der Waals surface area contributed by atoms with Crippen molar-refractivity contribution in [3.05, 3.63) is 41.5 Å². The molecule has 0 amide bonds. The molecule has 5 fully saturated rings. The van der Waals surface area contributed by atoms with E-state index in [-0.39, 0.29) is 63.1 Å². The molecule has 290 valence electrons. The highest BCUT2D eigenvalue weighted by atomic mass is 32.2. The van der Waals surface area contributed by atoms with Gasteiger partial charge in [0.1, 0.15) is 0 Å². The first-order valence-corrected chi connectivity index (χ1v) is 22.1. The Morgan fingerprint density at radius 3 is 2.29 bits per heavy atom. The lowest BCUT2D eigenvalue weighted by molar-refractivity contribution is -0.227. The van der Waals surface area contributed by atoms with Crippen molar-refractivity contribution in [3.8, 4) is 0 Å². The number of rotatable bonds is 8. The number of nitrogens with zero attached hydrogens (tertiary/aromatic N) is 1. The van der Waals surface area contributed by atoms with E-state index >= 15 is 0 Å². The summed E-state index contributed by atoms with van der Waals surface area (Å²) in [5.74, 6) is 2.10. The molecule has 7 rings (SSSR count). The zero-order valence-corrected chi connectivity index (χ0v) is 33.8. The van der Waals surface area contributed by atoms with Crippen LogP contribution >= 0.6 is 0 Å². The molecule has 5 aliphatic carbocycles. The Hall–Kier alpha value is -1.78. The number of hydrogen-bond acceptors (Lipinski definition) is 8. The number of fused-ring (bicyclic) bond motifs is 7. The number of aliphatic hydroxyl groups is 2. The Morgan fingerprint density at radius 2 is 1.63 bits per heavy atom. The summed E-state index contributed by atoms with van der Waals surface area (Å²) in [6.45, 7) is 17.3. The van der Waals surface area contributed by atoms with Crippen molar-refractivity contribution in [1.82, 2.24) is 10.2 Å². The Labute approximate surface area is 313 Å². The fourth-order valence-electron chi connectivity index (χ4n) is 14.2. The van der Waals surface area contributed by atoms with Crippen molar-refractivity contribution in [1.29, 1.82) is 0 Å². The van der Waals surface area contributed by atoms with E-state index < -0.39 is 15.4 Å². The predicted octanol–water partition coefficient (Wildman–Crippen LogP) is 6.36. The third kappa shape index (κ3) is 5.88. The van der Waals surface area contributed by atoms with Gasteiger partial charge in [0.15, 0.2) is 9.84 Å². The van der Waals surface area contributed by atoms with Crippen LogP contribution in [-0.2, 0) is 14.6 Å². The number of methoxy groups -OCH3 is 1. The van der Waals surface area contributed by atoms with Crippen LogP contribution in [0, 0.1) is 51.2 Å². The van der Waals surface area contributed by atoms with Gasteiger partial charge < -0.3 is 25.2 Å². The molecule has 1 aromatic rings. The predicted molar refractivity (Wildman–Crippen MR) is 206 cm³/mol. The minimum atomic E-state index is -2.91. The maximum absolute atomic E-state index is 12.2. The van der Waals surface area contributed by atoms with E-state index in [0.717, 1.165) is 45.2 Å². The lowest BCUT2D eigenvalue weighted by Crippen LogP contribution is -2.69. The van der Waals surface area contributed by atoms with Crippen LogP contribution in [0.5, 0.6) is 0 Å². The normalized spacial score (nSPS) is 42.1. The zero-order valence-electron chi connectivity index (χ0n) is 33.0. The van der Waals surface area contributed by atoms with Gasteiger partial charge in [0, 0.05) is 31.7 Å². The molecule has 1 heterocycles. The van der Waals surface area contributed by atoms with Crippen LogP contribution in [0.3, 0.4) is 0 Å².